The highest BCUT2D eigenvalue weighted by Gasteiger charge is 2.74. The molecule has 2 aliphatic carbocycles. The van der Waals surface area contributed by atoms with E-state index in [4.69, 9.17) is 0 Å². The third-order valence-corrected chi connectivity index (χ3v) is 13.2. The second kappa shape index (κ2) is 20.5. The second-order valence-corrected chi connectivity index (χ2v) is 19.7. The van der Waals surface area contributed by atoms with Gasteiger partial charge in [0.25, 0.3) is 0 Å². The van der Waals surface area contributed by atoms with Crippen LogP contribution in [0.5, 0.6) is 0 Å². The predicted molar refractivity (Wildman–Crippen MR) is 248 cm³/mol. The van der Waals surface area contributed by atoms with E-state index in [0.29, 0.717) is 25.7 Å². The molecule has 4 atom stereocenters. The van der Waals surface area contributed by atoms with Crippen molar-refractivity contribution in [2.24, 2.45) is 28.1 Å². The molecule has 1 fully saturated rings. The minimum atomic E-state index is -1.87. The zero-order valence-corrected chi connectivity index (χ0v) is 39.4. The Morgan fingerprint density at radius 3 is 1.85 bits per heavy atom. The van der Waals surface area contributed by atoms with Crippen LogP contribution in [0.2, 0.25) is 0 Å². The van der Waals surface area contributed by atoms with Gasteiger partial charge >= 0.3 is 0 Å². The molecule has 1 aliphatic heterocycles. The number of carbonyl (C=O) groups excluding carboxylic acids is 3. The van der Waals surface area contributed by atoms with E-state index in [1.807, 2.05) is 74.5 Å². The molecular formula is C54H76N2O4. The normalized spacial score (nSPS) is 23.2. The van der Waals surface area contributed by atoms with Crippen molar-refractivity contribution in [1.29, 1.82) is 0 Å². The van der Waals surface area contributed by atoms with E-state index in [-0.39, 0.29) is 35.9 Å². The number of rotatable bonds is 15. The maximum atomic E-state index is 15.0. The van der Waals surface area contributed by atoms with Crippen LogP contribution in [-0.4, -0.2) is 44.5 Å². The summed E-state index contributed by atoms with van der Waals surface area (Å²) in [6.45, 7) is 23.7. The van der Waals surface area contributed by atoms with Crippen LogP contribution >= 0.6 is 0 Å². The van der Waals surface area contributed by atoms with Gasteiger partial charge in [0.15, 0.2) is 22.8 Å². The third kappa shape index (κ3) is 10.1. The topological polar surface area (TPSA) is 81.9 Å². The van der Waals surface area contributed by atoms with Crippen molar-refractivity contribution >= 4 is 28.7 Å². The number of nitrogens with one attached hydrogen (secondary N) is 1. The van der Waals surface area contributed by atoms with Gasteiger partial charge < -0.3 is 14.9 Å². The van der Waals surface area contributed by atoms with E-state index in [2.05, 4.69) is 79.7 Å². The zero-order chi connectivity index (χ0) is 44.6. The summed E-state index contributed by atoms with van der Waals surface area (Å²) in [6.07, 6.45) is 14.1. The Labute approximate surface area is 363 Å². The molecule has 60 heavy (non-hydrogen) atoms. The Balaban J connectivity index is 0.000000314. The largest absolute Gasteiger partial charge is 0.874 e. The molecule has 0 aromatic heterocycles. The van der Waals surface area contributed by atoms with Crippen molar-refractivity contribution in [3.63, 3.8) is 0 Å². The molecule has 0 amide bonds. The number of allylic oxidation sites excluding steroid dienone is 10. The monoisotopic (exact) mass is 817 g/mol. The molecule has 3 aliphatic rings. The second-order valence-electron chi connectivity index (χ2n) is 19.7. The minimum Gasteiger partial charge on any atom is -0.874 e. The van der Waals surface area contributed by atoms with E-state index in [1.54, 1.807) is 13.8 Å². The number of fused-ring (bicyclic) bond motifs is 4. The Morgan fingerprint density at radius 1 is 0.817 bits per heavy atom. The van der Waals surface area contributed by atoms with Crippen LogP contribution in [0.3, 0.4) is 0 Å². The van der Waals surface area contributed by atoms with Crippen LogP contribution in [0.4, 0.5) is 11.4 Å². The number of hydrogen-bond acceptors (Lipinski definition) is 5. The van der Waals surface area contributed by atoms with Gasteiger partial charge in [0.2, 0.25) is 0 Å². The number of quaternary nitrogens is 1. The average molecular weight is 817 g/mol. The summed E-state index contributed by atoms with van der Waals surface area (Å²) in [7, 11) is 4.45. The molecule has 326 valence electrons. The lowest BCUT2D eigenvalue weighted by Crippen LogP contribution is -3.05. The number of Topliss-reactive ketones (excluding diaryl/α,β-unsaturated/α-hetero) is 3. The molecule has 0 radical (unpaired) electrons. The molecular weight excluding hydrogens is 741 g/mol. The summed E-state index contributed by atoms with van der Waals surface area (Å²) in [4.78, 5) is 48.2. The number of benzene rings is 2. The molecule has 0 saturated heterocycles. The molecule has 6 nitrogen and oxygen atoms in total. The van der Waals surface area contributed by atoms with E-state index in [9.17, 15) is 19.5 Å². The Kier molecular flexibility index (Phi) is 16.5. The van der Waals surface area contributed by atoms with E-state index in [0.717, 1.165) is 41.7 Å². The Hall–Kier alpha value is -4.29. The lowest BCUT2D eigenvalue weighted by molar-refractivity contribution is -0.858. The van der Waals surface area contributed by atoms with Gasteiger partial charge in [0.05, 0.1) is 20.6 Å². The molecule has 6 heteroatoms. The number of nitrogens with zero attached hydrogens (tertiary/aromatic N) is 1. The van der Waals surface area contributed by atoms with E-state index < -0.39 is 33.7 Å². The van der Waals surface area contributed by atoms with Gasteiger partial charge in [-0.15, -0.1) is 5.76 Å². The maximum Gasteiger partial charge on any atom is 0.179 e. The van der Waals surface area contributed by atoms with E-state index in [1.165, 1.54) is 40.4 Å². The summed E-state index contributed by atoms with van der Waals surface area (Å²) in [6, 6.07) is 17.8. The smallest absolute Gasteiger partial charge is 0.179 e. The van der Waals surface area contributed by atoms with Gasteiger partial charge in [-0.25, -0.2) is 0 Å². The van der Waals surface area contributed by atoms with Crippen LogP contribution in [0, 0.1) is 28.1 Å². The van der Waals surface area contributed by atoms with Crippen molar-refractivity contribution < 1.29 is 24.4 Å². The molecule has 1 unspecified atom stereocenters. The standard InChI is InChI=1S/C35H52O4.C19H24N2/c1-22(2)13-12-19-33(11)27(16-14-23(3)4)21-34(20-18-25(7)8)30(37)28(17-15-24(5)6)31(38)35(33,32(34)39)29(36)26(9)10;1-20(2)14-7-15-21-18-10-5-3-8-16(18)12-13-17-9-4-6-11-19(17)21/h13-15,18,26-27,37H,12,16-17,19-21H2,1-11H3;3-6,8-11H,7,12-15H2,1-2H3/t27?,33-,34-,35+;/m1./s1. The molecule has 1 N–H and O–H groups in total. The number of ketones is 3. The number of anilines is 2. The van der Waals surface area contributed by atoms with Crippen LogP contribution in [0.15, 0.2) is 106 Å². The van der Waals surface area contributed by atoms with Crippen molar-refractivity contribution in [2.75, 3.05) is 32.1 Å². The van der Waals surface area contributed by atoms with Crippen molar-refractivity contribution in [2.45, 2.75) is 134 Å². The molecule has 2 bridgehead atoms. The van der Waals surface area contributed by atoms with Crippen LogP contribution < -0.4 is 14.9 Å². The van der Waals surface area contributed by atoms with Gasteiger partial charge in [0, 0.05) is 35.7 Å². The van der Waals surface area contributed by atoms with Crippen LogP contribution in [0.1, 0.15) is 132 Å². The molecule has 1 saturated carbocycles. The maximum absolute atomic E-state index is 15.0. The quantitative estimate of drug-likeness (QED) is 0.143. The summed E-state index contributed by atoms with van der Waals surface area (Å²) in [5, 5.41) is 14.4. The number of hydrogen-bond donors (Lipinski definition) is 1. The lowest BCUT2D eigenvalue weighted by Gasteiger charge is -2.63. The molecule has 2 aromatic carbocycles. The van der Waals surface area contributed by atoms with Crippen molar-refractivity contribution in [1.82, 2.24) is 0 Å². The fourth-order valence-electron chi connectivity index (χ4n) is 9.89. The highest BCUT2D eigenvalue weighted by molar-refractivity contribution is 6.33. The minimum absolute atomic E-state index is 0.126. The fourth-order valence-corrected chi connectivity index (χ4v) is 9.89. The van der Waals surface area contributed by atoms with Gasteiger partial charge in [-0.05, 0) is 147 Å². The predicted octanol–water partition coefficient (Wildman–Crippen LogP) is 10.2. The number of carbonyl (C=O) groups is 3. The van der Waals surface area contributed by atoms with Crippen LogP contribution in [0.25, 0.3) is 0 Å². The van der Waals surface area contributed by atoms with Crippen molar-refractivity contribution in [3.05, 3.63) is 118 Å². The first-order valence-corrected chi connectivity index (χ1v) is 22.5. The molecule has 2 aromatic rings. The molecule has 1 heterocycles. The first-order chi connectivity index (χ1) is 28.2. The lowest BCUT2D eigenvalue weighted by atomic mass is 9.38. The Bertz CT molecular complexity index is 1980. The first-order valence-electron chi connectivity index (χ1n) is 22.5. The zero-order valence-electron chi connectivity index (χ0n) is 39.4. The summed E-state index contributed by atoms with van der Waals surface area (Å²) in [5.74, 6) is -2.39. The van der Waals surface area contributed by atoms with Gasteiger partial charge in [-0.2, -0.15) is 0 Å². The van der Waals surface area contributed by atoms with Crippen LogP contribution in [-0.2, 0) is 27.2 Å². The summed E-state index contributed by atoms with van der Waals surface area (Å²) in [5.41, 5.74) is 5.97. The highest BCUT2D eigenvalue weighted by Crippen LogP contribution is 2.67. The number of aryl methyl sites for hydroxylation is 2. The van der Waals surface area contributed by atoms with Crippen molar-refractivity contribution in [3.8, 4) is 0 Å². The Morgan fingerprint density at radius 2 is 1.35 bits per heavy atom. The first kappa shape index (κ1) is 48.4. The highest BCUT2D eigenvalue weighted by atomic mass is 16.3. The summed E-state index contributed by atoms with van der Waals surface area (Å²) < 4.78 is 0. The van der Waals surface area contributed by atoms with Gasteiger partial charge in [-0.3, -0.25) is 14.4 Å². The molecule has 0 spiro atoms. The number of para-hydroxylation sites is 2. The SMILES string of the molecule is CC(C)=CCC[C@]1(C)C(CC=C(C)C)C[C@@]2(CC=C(C)C)C(=O)[C@]1(C(=O)C(C)C)C(=O)C(CC=C(C)C)=C2[O-].C[NH+](C)CCCN1c2ccccc2CCc2ccccc21. The third-order valence-electron chi connectivity index (χ3n) is 13.2. The fraction of sp³-hybridized carbons (Fsp3) is 0.537. The average Bonchev–Trinajstić information content (AvgIpc) is 3.33. The molecule has 5 rings (SSSR count). The van der Waals surface area contributed by atoms with E-state index >= 15 is 0 Å². The van der Waals surface area contributed by atoms with Gasteiger partial charge in [-0.1, -0.05) is 104 Å². The van der Waals surface area contributed by atoms with Gasteiger partial charge in [0.1, 0.15) is 0 Å². The summed E-state index contributed by atoms with van der Waals surface area (Å²) >= 11 is 0.